The van der Waals surface area contributed by atoms with Crippen molar-refractivity contribution < 1.29 is 9.84 Å². The fraction of sp³-hybridized carbons (Fsp3) is 1.00. The molecular formula is C8H16O2. The van der Waals surface area contributed by atoms with Crippen molar-refractivity contribution in [3.8, 4) is 0 Å². The first-order valence-corrected chi connectivity index (χ1v) is 4.05. The van der Waals surface area contributed by atoms with Crippen molar-refractivity contribution >= 4 is 0 Å². The summed E-state index contributed by atoms with van der Waals surface area (Å²) in [6, 6.07) is 0. The average Bonchev–Trinajstić information content (AvgIpc) is 2.34. The van der Waals surface area contributed by atoms with Gasteiger partial charge in [0, 0.05) is 6.61 Å². The van der Waals surface area contributed by atoms with Crippen molar-refractivity contribution in [2.24, 2.45) is 5.92 Å². The highest BCUT2D eigenvalue weighted by Gasteiger charge is 2.29. The second-order valence-electron chi connectivity index (χ2n) is 3.08. The van der Waals surface area contributed by atoms with E-state index in [1.807, 2.05) is 6.92 Å². The lowest BCUT2D eigenvalue weighted by Gasteiger charge is -2.19. The summed E-state index contributed by atoms with van der Waals surface area (Å²) in [4.78, 5) is 0. The molecule has 0 aromatic carbocycles. The number of aliphatic hydroxyl groups excluding tert-OH is 1. The highest BCUT2D eigenvalue weighted by Crippen LogP contribution is 2.23. The molecule has 2 heteroatoms. The number of rotatable bonds is 2. The van der Waals surface area contributed by atoms with E-state index in [-0.39, 0.29) is 12.2 Å². The molecule has 0 aliphatic carbocycles. The van der Waals surface area contributed by atoms with E-state index in [0.717, 1.165) is 19.4 Å². The van der Waals surface area contributed by atoms with E-state index in [4.69, 9.17) is 4.74 Å². The topological polar surface area (TPSA) is 29.5 Å². The molecule has 1 fully saturated rings. The third-order valence-electron chi connectivity index (χ3n) is 2.24. The van der Waals surface area contributed by atoms with E-state index in [2.05, 4.69) is 6.92 Å². The van der Waals surface area contributed by atoms with Crippen LogP contribution >= 0.6 is 0 Å². The highest BCUT2D eigenvalue weighted by molar-refractivity contribution is 4.78. The summed E-state index contributed by atoms with van der Waals surface area (Å²) in [5.41, 5.74) is 0. The van der Waals surface area contributed by atoms with Gasteiger partial charge in [-0.2, -0.15) is 0 Å². The number of ether oxygens (including phenoxy) is 1. The molecule has 3 atom stereocenters. The smallest absolute Gasteiger partial charge is 0.0860 e. The standard InChI is InChI=1S/C8H16O2/c1-3-7(9)8-6(2)4-5-10-8/h6-9H,3-5H2,1-2H3. The zero-order chi connectivity index (χ0) is 7.56. The zero-order valence-corrected chi connectivity index (χ0v) is 6.71. The molecule has 60 valence electrons. The molecule has 0 bridgehead atoms. The Morgan fingerprint density at radius 2 is 2.40 bits per heavy atom. The van der Waals surface area contributed by atoms with Gasteiger partial charge >= 0.3 is 0 Å². The Morgan fingerprint density at radius 1 is 1.70 bits per heavy atom. The van der Waals surface area contributed by atoms with Gasteiger partial charge in [0.2, 0.25) is 0 Å². The van der Waals surface area contributed by atoms with Crippen LogP contribution in [0.25, 0.3) is 0 Å². The fourth-order valence-electron chi connectivity index (χ4n) is 1.44. The van der Waals surface area contributed by atoms with E-state index < -0.39 is 0 Å². The summed E-state index contributed by atoms with van der Waals surface area (Å²) in [5, 5.41) is 9.40. The lowest BCUT2D eigenvalue weighted by molar-refractivity contribution is -0.0176. The monoisotopic (exact) mass is 144 g/mol. The molecule has 0 aromatic heterocycles. The Balaban J connectivity index is 2.38. The van der Waals surface area contributed by atoms with Crippen molar-refractivity contribution in [3.05, 3.63) is 0 Å². The van der Waals surface area contributed by atoms with Crippen molar-refractivity contribution in [2.75, 3.05) is 6.61 Å². The molecule has 1 N–H and O–H groups in total. The average molecular weight is 144 g/mol. The van der Waals surface area contributed by atoms with E-state index in [1.165, 1.54) is 0 Å². The van der Waals surface area contributed by atoms with Crippen molar-refractivity contribution in [1.29, 1.82) is 0 Å². The van der Waals surface area contributed by atoms with Crippen LogP contribution in [0.3, 0.4) is 0 Å². The van der Waals surface area contributed by atoms with Crippen LogP contribution in [0.1, 0.15) is 26.7 Å². The maximum atomic E-state index is 9.40. The molecule has 10 heavy (non-hydrogen) atoms. The molecule has 2 nitrogen and oxygen atoms in total. The summed E-state index contributed by atoms with van der Waals surface area (Å²) < 4.78 is 5.37. The number of aliphatic hydroxyl groups is 1. The molecule has 0 spiro atoms. The first-order chi connectivity index (χ1) is 4.75. The maximum absolute atomic E-state index is 9.40. The third-order valence-corrected chi connectivity index (χ3v) is 2.24. The fourth-order valence-corrected chi connectivity index (χ4v) is 1.44. The molecule has 0 aromatic rings. The van der Waals surface area contributed by atoms with Gasteiger partial charge in [0.05, 0.1) is 12.2 Å². The first-order valence-electron chi connectivity index (χ1n) is 4.05. The van der Waals surface area contributed by atoms with E-state index in [9.17, 15) is 5.11 Å². The predicted molar refractivity (Wildman–Crippen MR) is 39.8 cm³/mol. The van der Waals surface area contributed by atoms with Crippen LogP contribution in [0.5, 0.6) is 0 Å². The van der Waals surface area contributed by atoms with Gasteiger partial charge in [-0.1, -0.05) is 13.8 Å². The number of hydrogen-bond donors (Lipinski definition) is 1. The van der Waals surface area contributed by atoms with Gasteiger partial charge in [0.15, 0.2) is 0 Å². The largest absolute Gasteiger partial charge is 0.390 e. The Labute approximate surface area is 62.2 Å². The molecule has 0 saturated carbocycles. The molecular weight excluding hydrogens is 128 g/mol. The summed E-state index contributed by atoms with van der Waals surface area (Å²) in [6.07, 6.45) is 1.75. The SMILES string of the molecule is CCC(O)C1OCCC1C. The second kappa shape index (κ2) is 3.35. The van der Waals surface area contributed by atoms with E-state index in [1.54, 1.807) is 0 Å². The lowest BCUT2D eigenvalue weighted by atomic mass is 9.98. The molecule has 0 radical (unpaired) electrons. The normalized spacial score (nSPS) is 36.3. The van der Waals surface area contributed by atoms with Crippen molar-refractivity contribution in [3.63, 3.8) is 0 Å². The van der Waals surface area contributed by atoms with Crippen molar-refractivity contribution in [2.45, 2.75) is 38.9 Å². The molecule has 3 unspecified atom stereocenters. The summed E-state index contributed by atoms with van der Waals surface area (Å²) in [5.74, 6) is 0.537. The zero-order valence-electron chi connectivity index (χ0n) is 6.71. The maximum Gasteiger partial charge on any atom is 0.0860 e. The third kappa shape index (κ3) is 1.50. The van der Waals surface area contributed by atoms with Crippen LogP contribution in [0.15, 0.2) is 0 Å². The molecule has 1 aliphatic rings. The van der Waals surface area contributed by atoms with Crippen LogP contribution < -0.4 is 0 Å². The Hall–Kier alpha value is -0.0800. The predicted octanol–water partition coefficient (Wildman–Crippen LogP) is 1.18. The first kappa shape index (κ1) is 8.02. The van der Waals surface area contributed by atoms with Crippen LogP contribution in [-0.2, 0) is 4.74 Å². The van der Waals surface area contributed by atoms with Gasteiger partial charge in [-0.3, -0.25) is 0 Å². The van der Waals surface area contributed by atoms with Crippen molar-refractivity contribution in [1.82, 2.24) is 0 Å². The summed E-state index contributed by atoms with van der Waals surface area (Å²) in [6.45, 7) is 4.94. The van der Waals surface area contributed by atoms with Crippen LogP contribution in [0.2, 0.25) is 0 Å². The molecule has 1 saturated heterocycles. The quantitative estimate of drug-likeness (QED) is 0.630. The van der Waals surface area contributed by atoms with Gasteiger partial charge in [0.1, 0.15) is 0 Å². The number of hydrogen-bond acceptors (Lipinski definition) is 2. The van der Waals surface area contributed by atoms with E-state index in [0.29, 0.717) is 5.92 Å². The molecule has 1 aliphatic heterocycles. The molecule has 0 amide bonds. The minimum Gasteiger partial charge on any atom is -0.390 e. The van der Waals surface area contributed by atoms with E-state index >= 15 is 0 Å². The summed E-state index contributed by atoms with van der Waals surface area (Å²) >= 11 is 0. The second-order valence-corrected chi connectivity index (χ2v) is 3.08. The van der Waals surface area contributed by atoms with Crippen LogP contribution in [0.4, 0.5) is 0 Å². The molecule has 1 heterocycles. The Bertz CT molecular complexity index is 103. The minimum absolute atomic E-state index is 0.102. The molecule has 1 rings (SSSR count). The van der Waals surface area contributed by atoms with Gasteiger partial charge in [-0.25, -0.2) is 0 Å². The van der Waals surface area contributed by atoms with Crippen LogP contribution in [-0.4, -0.2) is 23.9 Å². The summed E-state index contributed by atoms with van der Waals surface area (Å²) in [7, 11) is 0. The van der Waals surface area contributed by atoms with Gasteiger partial charge < -0.3 is 9.84 Å². The van der Waals surface area contributed by atoms with Gasteiger partial charge in [-0.05, 0) is 18.8 Å². The van der Waals surface area contributed by atoms with Crippen LogP contribution in [0, 0.1) is 5.92 Å². The Kier molecular flexibility index (Phi) is 2.69. The highest BCUT2D eigenvalue weighted by atomic mass is 16.5. The Morgan fingerprint density at radius 3 is 2.80 bits per heavy atom. The van der Waals surface area contributed by atoms with Gasteiger partial charge in [0.25, 0.3) is 0 Å². The lowest BCUT2D eigenvalue weighted by Crippen LogP contribution is -2.29. The van der Waals surface area contributed by atoms with Gasteiger partial charge in [-0.15, -0.1) is 0 Å². The minimum atomic E-state index is -0.252.